The summed E-state index contributed by atoms with van der Waals surface area (Å²) in [5.41, 5.74) is -0.904. The van der Waals surface area contributed by atoms with Gasteiger partial charge in [0.1, 0.15) is 0 Å². The van der Waals surface area contributed by atoms with Crippen molar-refractivity contribution in [2.24, 2.45) is 16.2 Å². The van der Waals surface area contributed by atoms with Gasteiger partial charge in [0.15, 0.2) is 0 Å². The van der Waals surface area contributed by atoms with E-state index in [0.717, 1.165) is 11.3 Å². The predicted molar refractivity (Wildman–Crippen MR) is 217 cm³/mol. The van der Waals surface area contributed by atoms with E-state index in [1.807, 2.05) is 51.1 Å². The van der Waals surface area contributed by atoms with Gasteiger partial charge in [-0.25, -0.2) is 0 Å². The molecule has 1 spiro atoms. The maximum atomic E-state index is 9.45. The van der Waals surface area contributed by atoms with E-state index >= 15 is 0 Å². The van der Waals surface area contributed by atoms with Crippen molar-refractivity contribution in [2.45, 2.75) is 86.6 Å². The van der Waals surface area contributed by atoms with Crippen LogP contribution < -0.4 is 0 Å². The first kappa shape index (κ1) is 23.6. The van der Waals surface area contributed by atoms with Gasteiger partial charge in [-0.3, -0.25) is 0 Å². The fraction of sp³-hybridized carbons (Fsp3) is 0.320. The minimum Gasteiger partial charge on any atom is -0.305 e. The van der Waals surface area contributed by atoms with Crippen LogP contribution >= 0.6 is 0 Å². The van der Waals surface area contributed by atoms with Gasteiger partial charge < -0.3 is 9.97 Å². The smallest absolute Gasteiger partial charge is 0.0322 e. The Morgan fingerprint density at radius 2 is 1.36 bits per heavy atom. The molecule has 3 heteroatoms. The molecule has 8 rings (SSSR count). The number of fused-ring (bicyclic) bond motifs is 2. The first-order valence-corrected chi connectivity index (χ1v) is 17.4. The fourth-order valence-electron chi connectivity index (χ4n) is 6.19. The summed E-state index contributed by atoms with van der Waals surface area (Å²) < 4.78 is 132. The zero-order valence-corrected chi connectivity index (χ0v) is 33.1. The second-order valence-electron chi connectivity index (χ2n) is 15.1. The Morgan fingerprint density at radius 3 is 2.00 bits per heavy atom. The number of benzene rings is 4. The molecule has 0 atom stereocenters. The van der Waals surface area contributed by atoms with Crippen molar-refractivity contribution in [1.29, 1.82) is 0 Å². The third-order valence-corrected chi connectivity index (χ3v) is 8.31. The first-order valence-electron chi connectivity index (χ1n) is 24.9. The Morgan fingerprint density at radius 1 is 0.698 bits per heavy atom. The van der Waals surface area contributed by atoms with Gasteiger partial charge in [0.2, 0.25) is 0 Å². The molecule has 0 N–H and O–H groups in total. The molecule has 0 fully saturated rings. The molecule has 2 aliphatic carbocycles. The maximum absolute atomic E-state index is 9.45. The zero-order chi connectivity index (χ0) is 49.8. The maximum Gasteiger partial charge on any atom is 0.0322 e. The molecule has 0 bridgehead atoms. The molecule has 4 aromatic carbocycles. The van der Waals surface area contributed by atoms with Gasteiger partial charge in [-0.1, -0.05) is 109 Å². The minimum absolute atomic E-state index is 0. The van der Waals surface area contributed by atoms with Crippen molar-refractivity contribution in [3.63, 3.8) is 0 Å². The summed E-state index contributed by atoms with van der Waals surface area (Å²) >= 11 is 0. The van der Waals surface area contributed by atoms with Crippen LogP contribution in [0.2, 0.25) is 0 Å². The van der Waals surface area contributed by atoms with Crippen LogP contribution in [0.4, 0.5) is 0 Å². The van der Waals surface area contributed by atoms with Crippen LogP contribution in [0.25, 0.3) is 33.6 Å². The summed E-state index contributed by atoms with van der Waals surface area (Å²) in [7, 11) is 0. The molecule has 0 saturated carbocycles. The van der Waals surface area contributed by atoms with Crippen molar-refractivity contribution in [3.05, 3.63) is 167 Å². The molecule has 2 aliphatic rings. The predicted octanol–water partition coefficient (Wildman–Crippen LogP) is 12.1. The van der Waals surface area contributed by atoms with Crippen molar-refractivity contribution < 1.29 is 40.7 Å². The van der Waals surface area contributed by atoms with E-state index in [9.17, 15) is 11.0 Å². The molecular formula is C50H52IrN2-2. The van der Waals surface area contributed by atoms with Gasteiger partial charge in [-0.2, -0.15) is 0 Å². The average Bonchev–Trinajstić information content (AvgIpc) is 3.51. The van der Waals surface area contributed by atoms with Crippen LogP contribution in [-0.4, -0.2) is 9.97 Å². The van der Waals surface area contributed by atoms with Gasteiger partial charge in [0.25, 0.3) is 0 Å². The second-order valence-corrected chi connectivity index (χ2v) is 15.1. The van der Waals surface area contributed by atoms with Crippen LogP contribution in [0.15, 0.2) is 116 Å². The summed E-state index contributed by atoms with van der Waals surface area (Å²) in [5.74, 6) is 0. The molecule has 0 saturated heterocycles. The minimum atomic E-state index is -2.88. The van der Waals surface area contributed by atoms with Crippen LogP contribution in [0.3, 0.4) is 0 Å². The number of aryl methyl sites for hydroxylation is 1. The average molecular weight is 888 g/mol. The van der Waals surface area contributed by atoms with E-state index in [-0.39, 0.29) is 53.5 Å². The molecular weight excluding hydrogens is 821 g/mol. The van der Waals surface area contributed by atoms with Crippen LogP contribution in [-0.2, 0) is 58.3 Å². The van der Waals surface area contributed by atoms with E-state index in [4.69, 9.17) is 9.60 Å². The topological polar surface area (TPSA) is 25.8 Å². The molecule has 53 heavy (non-hydrogen) atoms. The second kappa shape index (κ2) is 15.7. The zero-order valence-electron chi connectivity index (χ0n) is 45.7. The molecule has 0 amide bonds. The first-order chi connectivity index (χ1) is 30.7. The molecule has 2 aromatic heterocycles. The number of rotatable bonds is 5. The summed E-state index contributed by atoms with van der Waals surface area (Å²) in [5, 5.41) is 0. The van der Waals surface area contributed by atoms with Gasteiger partial charge in [-0.15, -0.1) is 71.3 Å². The van der Waals surface area contributed by atoms with Gasteiger partial charge >= 0.3 is 0 Å². The summed E-state index contributed by atoms with van der Waals surface area (Å²) in [6, 6.07) is 33.2. The fourth-order valence-corrected chi connectivity index (χ4v) is 6.19. The Hall–Kier alpha value is -4.17. The van der Waals surface area contributed by atoms with Crippen molar-refractivity contribution in [3.8, 4) is 33.6 Å². The summed E-state index contributed by atoms with van der Waals surface area (Å²) in [4.78, 5) is 8.81. The van der Waals surface area contributed by atoms with Gasteiger partial charge in [0.05, 0.1) is 0 Å². The molecule has 0 unspecified atom stereocenters. The third kappa shape index (κ3) is 9.50. The third-order valence-electron chi connectivity index (χ3n) is 8.31. The largest absolute Gasteiger partial charge is 0.305 e. The molecule has 6 aromatic rings. The molecule has 2 nitrogen and oxygen atoms in total. The van der Waals surface area contributed by atoms with Crippen molar-refractivity contribution in [1.82, 2.24) is 9.97 Å². The molecule has 2 heterocycles. The normalized spacial score (nSPS) is 22.9. The van der Waals surface area contributed by atoms with E-state index < -0.39 is 61.3 Å². The van der Waals surface area contributed by atoms with Crippen molar-refractivity contribution in [2.75, 3.05) is 0 Å². The summed E-state index contributed by atoms with van der Waals surface area (Å²) in [6.07, 6.45) is -11.6. The van der Waals surface area contributed by atoms with Gasteiger partial charge in [0, 0.05) is 53.1 Å². The van der Waals surface area contributed by atoms with E-state index in [2.05, 4.69) is 22.1 Å². The number of hydrogen-bond donors (Lipinski definition) is 0. The van der Waals surface area contributed by atoms with Crippen LogP contribution in [0.1, 0.15) is 101 Å². The molecule has 1 radical (unpaired) electrons. The Bertz CT molecular complexity index is 2790. The standard InChI is InChI=1S/C34H34N.C16H18N.Ir/c1-23-9-11-24(12-10-23)32-16-31(30(22-35-32)17-33(2,3)4)25-13-14-28-20-34(21-29(28)15-25)18-26-7-5-6-8-27(26)19-34;1-16(2,3)12-13-9-10-17-15(11-13)14-7-5-4-6-8-14;/h5-11,13-16,22H,17-21H2,1-4H3;4-7,9-11H,12H2,1-3H3;/q2*-1;/i1D3,17D2,18D2,19D2,20D2,21D2;12D2;. The van der Waals surface area contributed by atoms with Crippen LogP contribution in [0.5, 0.6) is 0 Å². The molecule has 273 valence electrons. The monoisotopic (exact) mass is 888 g/mol. The Labute approximate surface area is 353 Å². The van der Waals surface area contributed by atoms with Crippen LogP contribution in [0, 0.1) is 35.2 Å². The quantitative estimate of drug-likeness (QED) is 0.161. The number of aromatic nitrogens is 2. The van der Waals surface area contributed by atoms with Gasteiger partial charge in [-0.05, 0) is 111 Å². The number of nitrogens with zero attached hydrogens (tertiary/aromatic N) is 2. The summed E-state index contributed by atoms with van der Waals surface area (Å²) in [6.45, 7) is 8.57. The number of pyridine rings is 2. The van der Waals surface area contributed by atoms with Crippen molar-refractivity contribution >= 4 is 0 Å². The Balaban J connectivity index is 0.000000319. The Kier molecular flexibility index (Phi) is 6.97. The number of hydrogen-bond acceptors (Lipinski definition) is 2. The molecule has 0 aliphatic heterocycles. The van der Waals surface area contributed by atoms with E-state index in [1.54, 1.807) is 45.2 Å². The van der Waals surface area contributed by atoms with E-state index in [0.29, 0.717) is 27.9 Å². The SMILES string of the molecule is [2H]C([2H])([2H])c1c[c-]c(-c2cc(-c3ccc4c(c3)C([2H])([2H])C3(C([2H])([2H])c5ccccc5C3([2H])[2H])C4([2H])[2H])c(C([2H])([2H])C(C)(C)C)cn2)cc1.[2H]C([2H])(c1ccnc(-c2[c-]cccc2)c1)C(C)(C)C.[Ir]. The van der Waals surface area contributed by atoms with E-state index in [1.165, 1.54) is 60.8 Å².